The highest BCUT2D eigenvalue weighted by Gasteiger charge is 2.26. The van der Waals surface area contributed by atoms with E-state index in [1.807, 2.05) is 0 Å². The maximum absolute atomic E-state index is 6.96. The number of fused-ring (bicyclic) bond motifs is 9. The van der Waals surface area contributed by atoms with Crippen molar-refractivity contribution >= 4 is 54.4 Å². The Balaban J connectivity index is 1.02. The molecular formula is C58H36N2O. The zero-order chi connectivity index (χ0) is 40.0. The minimum atomic E-state index is 0.849. The van der Waals surface area contributed by atoms with Crippen molar-refractivity contribution in [3.63, 3.8) is 0 Å². The summed E-state index contributed by atoms with van der Waals surface area (Å²) in [5.41, 5.74) is 16.3. The highest BCUT2D eigenvalue weighted by Crippen LogP contribution is 2.51. The summed E-state index contributed by atoms with van der Waals surface area (Å²) in [7, 11) is 0. The average Bonchev–Trinajstić information content (AvgIpc) is 3.84. The highest BCUT2D eigenvalue weighted by atomic mass is 16.5. The Bertz CT molecular complexity index is 3610. The fraction of sp³-hybridized carbons (Fsp3) is 0. The molecular weight excluding hydrogens is 741 g/mol. The second-order valence-corrected chi connectivity index (χ2v) is 16.1. The van der Waals surface area contributed by atoms with Crippen LogP contribution in [0.15, 0.2) is 218 Å². The molecule has 0 N–H and O–H groups in total. The second-order valence-electron chi connectivity index (χ2n) is 16.1. The molecule has 2 aromatic heterocycles. The molecule has 1 aliphatic rings. The van der Waals surface area contributed by atoms with Crippen LogP contribution in [0.5, 0.6) is 11.5 Å². The molecule has 0 fully saturated rings. The molecule has 3 heteroatoms. The van der Waals surface area contributed by atoms with E-state index in [-0.39, 0.29) is 0 Å². The number of para-hydroxylation sites is 1. The fourth-order valence-electron chi connectivity index (χ4n) is 9.93. The summed E-state index contributed by atoms with van der Waals surface area (Å²) in [5, 5.41) is 7.24. The third-order valence-corrected chi connectivity index (χ3v) is 12.7. The van der Waals surface area contributed by atoms with Gasteiger partial charge >= 0.3 is 0 Å². The molecule has 0 bridgehead atoms. The van der Waals surface area contributed by atoms with E-state index >= 15 is 0 Å². The number of benzene rings is 10. The molecule has 0 amide bonds. The van der Waals surface area contributed by atoms with Crippen molar-refractivity contribution in [1.29, 1.82) is 0 Å². The molecule has 13 rings (SSSR count). The molecule has 0 saturated carbocycles. The third-order valence-electron chi connectivity index (χ3n) is 12.7. The number of hydrogen-bond donors (Lipinski definition) is 0. The summed E-state index contributed by atoms with van der Waals surface area (Å²) in [6.45, 7) is 0. The van der Waals surface area contributed by atoms with Gasteiger partial charge in [0.1, 0.15) is 11.5 Å². The van der Waals surface area contributed by atoms with Gasteiger partial charge in [-0.05, 0) is 111 Å². The van der Waals surface area contributed by atoms with Crippen molar-refractivity contribution in [2.24, 2.45) is 0 Å². The van der Waals surface area contributed by atoms with Gasteiger partial charge in [-0.25, -0.2) is 0 Å². The van der Waals surface area contributed by atoms with E-state index in [1.54, 1.807) is 0 Å². The van der Waals surface area contributed by atoms with Gasteiger partial charge in [-0.15, -0.1) is 0 Å². The Labute approximate surface area is 352 Å². The van der Waals surface area contributed by atoms with Crippen molar-refractivity contribution in [2.45, 2.75) is 0 Å². The van der Waals surface area contributed by atoms with Gasteiger partial charge in [0.25, 0.3) is 0 Å². The monoisotopic (exact) mass is 776 g/mol. The number of aromatic nitrogens is 2. The Morgan fingerprint density at radius 1 is 0.262 bits per heavy atom. The van der Waals surface area contributed by atoms with Crippen molar-refractivity contribution < 1.29 is 4.74 Å². The Kier molecular flexibility index (Phi) is 7.31. The van der Waals surface area contributed by atoms with Crippen LogP contribution in [0.4, 0.5) is 0 Å². The quantitative estimate of drug-likeness (QED) is 0.170. The van der Waals surface area contributed by atoms with Crippen molar-refractivity contribution in [2.75, 3.05) is 0 Å². The molecule has 10 aromatic carbocycles. The predicted octanol–water partition coefficient (Wildman–Crippen LogP) is 15.8. The maximum atomic E-state index is 6.96. The van der Waals surface area contributed by atoms with E-state index in [4.69, 9.17) is 4.74 Å². The van der Waals surface area contributed by atoms with E-state index in [2.05, 4.69) is 228 Å². The molecule has 0 atom stereocenters. The zero-order valence-electron chi connectivity index (χ0n) is 33.1. The topological polar surface area (TPSA) is 19.1 Å². The SMILES string of the molecule is c1ccc(-c2cccc(-n3c4ccccc4c4c5cccc6c5c(cc43)-c3ccc(-n4c5ccc(-c7ccccc7)cc5c5cc(-c7ccccc7)ccc54)cc3O6)c2)cc1. The Hall–Kier alpha value is -8.14. The Morgan fingerprint density at radius 2 is 0.787 bits per heavy atom. The van der Waals surface area contributed by atoms with Crippen LogP contribution in [-0.2, 0) is 0 Å². The van der Waals surface area contributed by atoms with Crippen LogP contribution in [0.2, 0.25) is 0 Å². The lowest BCUT2D eigenvalue weighted by atomic mass is 9.92. The smallest absolute Gasteiger partial charge is 0.137 e. The first-order valence-corrected chi connectivity index (χ1v) is 20.9. The van der Waals surface area contributed by atoms with Gasteiger partial charge in [0.15, 0.2) is 0 Å². The van der Waals surface area contributed by atoms with Gasteiger partial charge in [0.2, 0.25) is 0 Å². The Morgan fingerprint density at radius 3 is 1.46 bits per heavy atom. The number of ether oxygens (including phenoxy) is 1. The first kappa shape index (κ1) is 33.8. The van der Waals surface area contributed by atoms with Crippen LogP contribution in [0.3, 0.4) is 0 Å². The summed E-state index contributed by atoms with van der Waals surface area (Å²) in [6.07, 6.45) is 0. The molecule has 1 aliphatic heterocycles. The molecule has 0 radical (unpaired) electrons. The number of nitrogens with zero attached hydrogens (tertiary/aromatic N) is 2. The summed E-state index contributed by atoms with van der Waals surface area (Å²) in [5.74, 6) is 1.73. The molecule has 3 heterocycles. The van der Waals surface area contributed by atoms with Gasteiger partial charge in [-0.1, -0.05) is 146 Å². The maximum Gasteiger partial charge on any atom is 0.137 e. The van der Waals surface area contributed by atoms with Crippen LogP contribution in [0.25, 0.3) is 110 Å². The molecule has 0 saturated heterocycles. The van der Waals surface area contributed by atoms with E-state index < -0.39 is 0 Å². The van der Waals surface area contributed by atoms with E-state index in [9.17, 15) is 0 Å². The van der Waals surface area contributed by atoms with Crippen LogP contribution in [-0.4, -0.2) is 9.13 Å². The van der Waals surface area contributed by atoms with Crippen molar-refractivity contribution in [3.05, 3.63) is 218 Å². The highest BCUT2D eigenvalue weighted by molar-refractivity contribution is 6.26. The van der Waals surface area contributed by atoms with Crippen molar-refractivity contribution in [3.8, 4) is 67.4 Å². The number of hydrogen-bond acceptors (Lipinski definition) is 1. The third kappa shape index (κ3) is 5.17. The molecule has 0 spiro atoms. The van der Waals surface area contributed by atoms with Crippen LogP contribution < -0.4 is 4.74 Å². The molecule has 0 unspecified atom stereocenters. The largest absolute Gasteiger partial charge is 0.456 e. The fourth-order valence-corrected chi connectivity index (χ4v) is 9.93. The summed E-state index contributed by atoms with van der Waals surface area (Å²) >= 11 is 0. The molecule has 12 aromatic rings. The van der Waals surface area contributed by atoms with Gasteiger partial charge in [0, 0.05) is 49.9 Å². The summed E-state index contributed by atoms with van der Waals surface area (Å²) in [6, 6.07) is 79.1. The minimum Gasteiger partial charge on any atom is -0.456 e. The van der Waals surface area contributed by atoms with Gasteiger partial charge in [-0.3, -0.25) is 0 Å². The number of rotatable bonds is 5. The second kappa shape index (κ2) is 13.2. The standard InChI is InChI=1S/C58H36N2O/c1-4-14-37(15-5-1)40-20-12-21-43(32-40)60-51-24-11-10-22-46(51)57-47-23-13-25-55-58(47)50(36-54(57)60)45-29-28-44(35-56(45)61-55)59-52-30-26-41(38-16-6-2-7-17-38)33-48(52)49-34-42(27-31-53(49)59)39-18-8-3-9-19-39/h1-36H. The molecule has 3 nitrogen and oxygen atoms in total. The lowest BCUT2D eigenvalue weighted by molar-refractivity contribution is 0.487. The van der Waals surface area contributed by atoms with Gasteiger partial charge in [-0.2, -0.15) is 0 Å². The minimum absolute atomic E-state index is 0.849. The van der Waals surface area contributed by atoms with Crippen LogP contribution in [0, 0.1) is 0 Å². The molecule has 284 valence electrons. The molecule has 61 heavy (non-hydrogen) atoms. The lowest BCUT2D eigenvalue weighted by Gasteiger charge is -2.23. The van der Waals surface area contributed by atoms with Crippen LogP contribution in [0.1, 0.15) is 0 Å². The van der Waals surface area contributed by atoms with E-state index in [1.165, 1.54) is 76.9 Å². The van der Waals surface area contributed by atoms with Gasteiger partial charge < -0.3 is 13.9 Å². The van der Waals surface area contributed by atoms with Crippen molar-refractivity contribution in [1.82, 2.24) is 9.13 Å². The van der Waals surface area contributed by atoms with E-state index in [0.29, 0.717) is 0 Å². The zero-order valence-corrected chi connectivity index (χ0v) is 33.1. The first-order chi connectivity index (χ1) is 30.2. The summed E-state index contributed by atoms with van der Waals surface area (Å²) in [4.78, 5) is 0. The lowest BCUT2D eigenvalue weighted by Crippen LogP contribution is -2.01. The first-order valence-electron chi connectivity index (χ1n) is 20.9. The molecule has 0 aliphatic carbocycles. The average molecular weight is 777 g/mol. The predicted molar refractivity (Wildman–Crippen MR) is 254 cm³/mol. The van der Waals surface area contributed by atoms with Crippen LogP contribution >= 0.6 is 0 Å². The van der Waals surface area contributed by atoms with Gasteiger partial charge in [0.05, 0.1) is 22.1 Å². The normalized spacial score (nSPS) is 12.1. The summed E-state index contributed by atoms with van der Waals surface area (Å²) < 4.78 is 11.8. The van der Waals surface area contributed by atoms with E-state index in [0.717, 1.165) is 44.9 Å².